The molecule has 0 saturated heterocycles. The van der Waals surface area contributed by atoms with Gasteiger partial charge in [0.15, 0.2) is 0 Å². The topological polar surface area (TPSA) is 37.3 Å². The molecule has 1 aliphatic rings. The molecule has 0 bridgehead atoms. The summed E-state index contributed by atoms with van der Waals surface area (Å²) in [5.74, 6) is 0.265. The van der Waals surface area contributed by atoms with Crippen LogP contribution in [0.15, 0.2) is 36.4 Å². The average Bonchev–Trinajstić information content (AvgIpc) is 3.10. The Morgan fingerprint density at radius 2 is 1.81 bits per heavy atom. The highest BCUT2D eigenvalue weighted by molar-refractivity contribution is 5.95. The van der Waals surface area contributed by atoms with E-state index < -0.39 is 0 Å². The van der Waals surface area contributed by atoms with E-state index in [1.54, 1.807) is 6.07 Å². The van der Waals surface area contributed by atoms with Gasteiger partial charge >= 0.3 is 0 Å². The van der Waals surface area contributed by atoms with Gasteiger partial charge in [0.2, 0.25) is 0 Å². The van der Waals surface area contributed by atoms with Crippen LogP contribution in [0.2, 0.25) is 0 Å². The Hall–Kier alpha value is -1.83. The molecule has 2 aromatic rings. The summed E-state index contributed by atoms with van der Waals surface area (Å²) in [7, 11) is 0. The lowest BCUT2D eigenvalue weighted by atomic mass is 9.91. The van der Waals surface area contributed by atoms with Crippen LogP contribution in [0.3, 0.4) is 0 Å². The first kappa shape index (κ1) is 9.40. The average molecular weight is 212 g/mol. The highest BCUT2D eigenvalue weighted by Gasteiger charge is 2.45. The third-order valence-corrected chi connectivity index (χ3v) is 3.43. The minimum atomic E-state index is -0.335. The van der Waals surface area contributed by atoms with Gasteiger partial charge in [0.05, 0.1) is 5.41 Å². The first-order chi connectivity index (χ1) is 7.77. The molecule has 3 rings (SSSR count). The summed E-state index contributed by atoms with van der Waals surface area (Å²) < 4.78 is 0. The van der Waals surface area contributed by atoms with E-state index in [-0.39, 0.29) is 11.2 Å². The van der Waals surface area contributed by atoms with Crippen molar-refractivity contribution in [1.82, 2.24) is 0 Å². The van der Waals surface area contributed by atoms with Gasteiger partial charge < -0.3 is 9.90 Å². The van der Waals surface area contributed by atoms with Gasteiger partial charge in [-0.05, 0) is 29.9 Å². The number of aldehydes is 1. The van der Waals surface area contributed by atoms with Gasteiger partial charge in [-0.1, -0.05) is 30.3 Å². The summed E-state index contributed by atoms with van der Waals surface area (Å²) in [6, 6.07) is 11.3. The number of carbonyl (C=O) groups is 1. The van der Waals surface area contributed by atoms with Gasteiger partial charge in [-0.15, -0.1) is 0 Å². The molecule has 1 N–H and O–H groups in total. The maximum Gasteiger partial charge on any atom is 0.130 e. The lowest BCUT2D eigenvalue weighted by molar-refractivity contribution is -0.109. The Labute approximate surface area is 93.5 Å². The molecular formula is C14H12O2. The van der Waals surface area contributed by atoms with E-state index in [4.69, 9.17) is 0 Å². The number of phenolic OH excluding ortho intramolecular Hbond substituents is 1. The lowest BCUT2D eigenvalue weighted by Crippen LogP contribution is -2.08. The van der Waals surface area contributed by atoms with Crippen LogP contribution in [-0.4, -0.2) is 11.4 Å². The summed E-state index contributed by atoms with van der Waals surface area (Å²) in [5, 5.41) is 11.7. The minimum absolute atomic E-state index is 0.265. The Balaban J connectivity index is 2.37. The molecule has 0 atom stereocenters. The van der Waals surface area contributed by atoms with Crippen LogP contribution in [0.5, 0.6) is 5.75 Å². The number of phenols is 1. The van der Waals surface area contributed by atoms with Crippen molar-refractivity contribution >= 4 is 17.1 Å². The highest BCUT2D eigenvalue weighted by atomic mass is 16.3. The zero-order chi connectivity index (χ0) is 11.2. The van der Waals surface area contributed by atoms with Gasteiger partial charge in [0, 0.05) is 5.39 Å². The number of rotatable bonds is 2. The summed E-state index contributed by atoms with van der Waals surface area (Å²) in [6.07, 6.45) is 2.81. The number of fused-ring (bicyclic) bond motifs is 1. The third-order valence-electron chi connectivity index (χ3n) is 3.43. The predicted molar refractivity (Wildman–Crippen MR) is 62.6 cm³/mol. The molecule has 0 spiro atoms. The Bertz CT molecular complexity index is 563. The SMILES string of the molecule is O=CC1(c2cccc3cccc(O)c23)CC1. The molecule has 0 unspecified atom stereocenters. The normalized spacial score (nSPS) is 17.2. The van der Waals surface area contributed by atoms with Gasteiger partial charge in [0.1, 0.15) is 12.0 Å². The van der Waals surface area contributed by atoms with Crippen molar-refractivity contribution in [3.8, 4) is 5.75 Å². The monoisotopic (exact) mass is 212 g/mol. The Kier molecular flexibility index (Phi) is 1.81. The lowest BCUT2D eigenvalue weighted by Gasteiger charge is -2.12. The molecule has 0 radical (unpaired) electrons. The molecule has 16 heavy (non-hydrogen) atoms. The van der Waals surface area contributed by atoms with Crippen molar-refractivity contribution in [2.24, 2.45) is 0 Å². The summed E-state index contributed by atoms with van der Waals surface area (Å²) in [5.41, 5.74) is 0.635. The molecule has 2 aromatic carbocycles. The summed E-state index contributed by atoms with van der Waals surface area (Å²) in [4.78, 5) is 11.2. The van der Waals surface area contributed by atoms with Gasteiger partial charge in [-0.3, -0.25) is 0 Å². The van der Waals surface area contributed by atoms with Crippen molar-refractivity contribution in [3.63, 3.8) is 0 Å². The van der Waals surface area contributed by atoms with E-state index in [0.29, 0.717) is 0 Å². The number of carbonyl (C=O) groups excluding carboxylic acids is 1. The molecule has 2 heteroatoms. The van der Waals surface area contributed by atoms with Crippen LogP contribution in [0, 0.1) is 0 Å². The fourth-order valence-electron chi connectivity index (χ4n) is 2.32. The van der Waals surface area contributed by atoms with Crippen LogP contribution in [0.4, 0.5) is 0 Å². The first-order valence-corrected chi connectivity index (χ1v) is 5.44. The fraction of sp³-hybridized carbons (Fsp3) is 0.214. The zero-order valence-corrected chi connectivity index (χ0v) is 8.81. The number of benzene rings is 2. The quantitative estimate of drug-likeness (QED) is 0.777. The highest BCUT2D eigenvalue weighted by Crippen LogP contribution is 2.49. The fourth-order valence-corrected chi connectivity index (χ4v) is 2.32. The van der Waals surface area contributed by atoms with E-state index >= 15 is 0 Å². The Morgan fingerprint density at radius 3 is 2.44 bits per heavy atom. The molecule has 0 aliphatic heterocycles. The van der Waals surface area contributed by atoms with Crippen LogP contribution < -0.4 is 0 Å². The van der Waals surface area contributed by atoms with E-state index in [0.717, 1.165) is 35.5 Å². The molecule has 80 valence electrons. The maximum absolute atomic E-state index is 11.2. The second-order valence-electron chi connectivity index (χ2n) is 4.45. The van der Waals surface area contributed by atoms with Crippen molar-refractivity contribution in [2.75, 3.05) is 0 Å². The van der Waals surface area contributed by atoms with Crippen LogP contribution in [-0.2, 0) is 10.2 Å². The van der Waals surface area contributed by atoms with Gasteiger partial charge in [-0.25, -0.2) is 0 Å². The molecule has 1 aliphatic carbocycles. The number of aromatic hydroxyl groups is 1. The molecule has 0 aromatic heterocycles. The van der Waals surface area contributed by atoms with E-state index in [2.05, 4.69) is 0 Å². The summed E-state index contributed by atoms with van der Waals surface area (Å²) >= 11 is 0. The molecule has 0 amide bonds. The summed E-state index contributed by atoms with van der Waals surface area (Å²) in [6.45, 7) is 0. The molecule has 1 saturated carbocycles. The standard InChI is InChI=1S/C14H12O2/c15-9-14(7-8-14)11-5-1-3-10-4-2-6-12(16)13(10)11/h1-6,9,16H,7-8H2. The van der Waals surface area contributed by atoms with Crippen molar-refractivity contribution in [2.45, 2.75) is 18.3 Å². The van der Waals surface area contributed by atoms with Crippen molar-refractivity contribution in [1.29, 1.82) is 0 Å². The smallest absolute Gasteiger partial charge is 0.130 e. The zero-order valence-electron chi connectivity index (χ0n) is 8.81. The Morgan fingerprint density at radius 1 is 1.12 bits per heavy atom. The second kappa shape index (κ2) is 3.08. The second-order valence-corrected chi connectivity index (χ2v) is 4.45. The molecule has 1 fully saturated rings. The van der Waals surface area contributed by atoms with Crippen LogP contribution in [0.1, 0.15) is 18.4 Å². The minimum Gasteiger partial charge on any atom is -0.507 e. The van der Waals surface area contributed by atoms with E-state index in [1.807, 2.05) is 30.3 Å². The third kappa shape index (κ3) is 1.16. The maximum atomic E-state index is 11.2. The molecular weight excluding hydrogens is 200 g/mol. The molecule has 0 heterocycles. The van der Waals surface area contributed by atoms with Gasteiger partial charge in [0.25, 0.3) is 0 Å². The van der Waals surface area contributed by atoms with E-state index in [9.17, 15) is 9.90 Å². The van der Waals surface area contributed by atoms with Crippen molar-refractivity contribution in [3.05, 3.63) is 42.0 Å². The number of hydrogen-bond donors (Lipinski definition) is 1. The largest absolute Gasteiger partial charge is 0.507 e. The first-order valence-electron chi connectivity index (χ1n) is 5.44. The van der Waals surface area contributed by atoms with Crippen molar-refractivity contribution < 1.29 is 9.90 Å². The number of hydrogen-bond acceptors (Lipinski definition) is 2. The molecule has 2 nitrogen and oxygen atoms in total. The van der Waals surface area contributed by atoms with Crippen LogP contribution >= 0.6 is 0 Å². The predicted octanol–water partition coefficient (Wildman–Crippen LogP) is 2.78. The van der Waals surface area contributed by atoms with E-state index in [1.165, 1.54) is 0 Å². The van der Waals surface area contributed by atoms with Gasteiger partial charge in [-0.2, -0.15) is 0 Å². The van der Waals surface area contributed by atoms with Crippen LogP contribution in [0.25, 0.3) is 10.8 Å².